The van der Waals surface area contributed by atoms with E-state index in [2.05, 4.69) is 11.3 Å². The molecule has 0 aromatic heterocycles. The highest BCUT2D eigenvalue weighted by molar-refractivity contribution is 5.86. The number of carbonyl (C=O) groups is 1. The van der Waals surface area contributed by atoms with Gasteiger partial charge >= 0.3 is 5.97 Å². The average molecular weight is 224 g/mol. The van der Waals surface area contributed by atoms with Gasteiger partial charge in [-0.15, -0.1) is 0 Å². The minimum atomic E-state index is -0.914. The number of esters is 1. The third-order valence-electron chi connectivity index (χ3n) is 2.84. The van der Waals surface area contributed by atoms with E-state index in [1.807, 2.05) is 13.0 Å². The first-order valence-corrected chi connectivity index (χ1v) is 5.34. The molecule has 0 aliphatic heterocycles. The molecule has 0 heterocycles. The molecule has 0 bridgehead atoms. The molecule has 0 radical (unpaired) electrons. The van der Waals surface area contributed by atoms with Gasteiger partial charge in [0.2, 0.25) is 5.83 Å². The van der Waals surface area contributed by atoms with Crippen LogP contribution in [0.5, 0.6) is 0 Å². The lowest BCUT2D eigenvalue weighted by molar-refractivity contribution is -0.137. The van der Waals surface area contributed by atoms with E-state index in [1.165, 1.54) is 13.2 Å². The summed E-state index contributed by atoms with van der Waals surface area (Å²) in [6.45, 7) is 5.92. The maximum atomic E-state index is 13.2. The third kappa shape index (κ3) is 3.33. The van der Waals surface area contributed by atoms with Crippen molar-refractivity contribution < 1.29 is 13.9 Å². The molecule has 0 saturated carbocycles. The first-order chi connectivity index (χ1) is 7.54. The fraction of sp³-hybridized carbons (Fsp3) is 0.462. The molecular weight excluding hydrogens is 207 g/mol. The van der Waals surface area contributed by atoms with E-state index in [0.29, 0.717) is 5.92 Å². The lowest BCUT2D eigenvalue weighted by Gasteiger charge is -2.20. The SMILES string of the molecule is C=C(C)C1CC=C(/C=C(\F)C(=O)OC)CC1. The number of halogens is 1. The van der Waals surface area contributed by atoms with Gasteiger partial charge in [-0.25, -0.2) is 4.79 Å². The molecule has 1 unspecified atom stereocenters. The van der Waals surface area contributed by atoms with Crippen molar-refractivity contribution in [1.82, 2.24) is 0 Å². The average Bonchev–Trinajstić information content (AvgIpc) is 2.28. The summed E-state index contributed by atoms with van der Waals surface area (Å²) in [4.78, 5) is 10.9. The first-order valence-electron chi connectivity index (χ1n) is 5.34. The summed E-state index contributed by atoms with van der Waals surface area (Å²) in [5.41, 5.74) is 2.02. The van der Waals surface area contributed by atoms with E-state index in [4.69, 9.17) is 0 Å². The van der Waals surface area contributed by atoms with Gasteiger partial charge in [0.15, 0.2) is 0 Å². The van der Waals surface area contributed by atoms with Gasteiger partial charge in [0.05, 0.1) is 7.11 Å². The van der Waals surface area contributed by atoms with E-state index in [-0.39, 0.29) is 0 Å². The van der Waals surface area contributed by atoms with Crippen LogP contribution in [0.4, 0.5) is 4.39 Å². The second-order valence-corrected chi connectivity index (χ2v) is 4.08. The number of rotatable bonds is 3. The largest absolute Gasteiger partial charge is 0.464 e. The highest BCUT2D eigenvalue weighted by Crippen LogP contribution is 2.29. The van der Waals surface area contributed by atoms with Gasteiger partial charge in [0.25, 0.3) is 0 Å². The molecule has 16 heavy (non-hydrogen) atoms. The Hall–Kier alpha value is -1.38. The van der Waals surface area contributed by atoms with Crippen LogP contribution in [0.2, 0.25) is 0 Å². The van der Waals surface area contributed by atoms with Crippen LogP contribution >= 0.6 is 0 Å². The van der Waals surface area contributed by atoms with Crippen molar-refractivity contribution in [2.24, 2.45) is 5.92 Å². The van der Waals surface area contributed by atoms with Crippen LogP contribution in [0.15, 0.2) is 35.7 Å². The van der Waals surface area contributed by atoms with Crippen molar-refractivity contribution in [1.29, 1.82) is 0 Å². The van der Waals surface area contributed by atoms with Crippen LogP contribution in [-0.4, -0.2) is 13.1 Å². The Balaban J connectivity index is 2.65. The van der Waals surface area contributed by atoms with Gasteiger partial charge in [-0.3, -0.25) is 0 Å². The molecule has 0 aromatic carbocycles. The number of hydrogen-bond acceptors (Lipinski definition) is 2. The fourth-order valence-corrected chi connectivity index (χ4v) is 1.75. The second kappa shape index (κ2) is 5.64. The van der Waals surface area contributed by atoms with Crippen LogP contribution in [-0.2, 0) is 9.53 Å². The van der Waals surface area contributed by atoms with Crippen molar-refractivity contribution >= 4 is 5.97 Å². The summed E-state index contributed by atoms with van der Waals surface area (Å²) in [7, 11) is 1.17. The van der Waals surface area contributed by atoms with Gasteiger partial charge in [-0.2, -0.15) is 4.39 Å². The van der Waals surface area contributed by atoms with E-state index in [1.54, 1.807) is 0 Å². The Bertz CT molecular complexity index is 353. The quantitative estimate of drug-likeness (QED) is 0.417. The summed E-state index contributed by atoms with van der Waals surface area (Å²) in [5.74, 6) is -1.26. The molecule has 0 saturated heterocycles. The molecule has 3 heteroatoms. The van der Waals surface area contributed by atoms with Gasteiger partial charge in [0, 0.05) is 0 Å². The molecule has 1 atom stereocenters. The van der Waals surface area contributed by atoms with Crippen molar-refractivity contribution in [2.45, 2.75) is 26.2 Å². The van der Waals surface area contributed by atoms with Crippen LogP contribution < -0.4 is 0 Å². The molecule has 0 fully saturated rings. The molecule has 0 amide bonds. The lowest BCUT2D eigenvalue weighted by Crippen LogP contribution is -2.07. The molecule has 0 spiro atoms. The Morgan fingerprint density at radius 1 is 1.69 bits per heavy atom. The van der Waals surface area contributed by atoms with E-state index in [0.717, 1.165) is 30.4 Å². The molecular formula is C13H17FO2. The Labute approximate surface area is 95.5 Å². The molecule has 1 aliphatic rings. The summed E-state index contributed by atoms with van der Waals surface area (Å²) >= 11 is 0. The second-order valence-electron chi connectivity index (χ2n) is 4.08. The molecule has 1 rings (SSSR count). The number of allylic oxidation sites excluding steroid dienone is 4. The predicted octanol–water partition coefficient (Wildman–Crippen LogP) is 3.32. The van der Waals surface area contributed by atoms with Crippen LogP contribution in [0.25, 0.3) is 0 Å². The predicted molar refractivity (Wildman–Crippen MR) is 61.4 cm³/mol. The zero-order valence-electron chi connectivity index (χ0n) is 9.75. The topological polar surface area (TPSA) is 26.3 Å². The van der Waals surface area contributed by atoms with Crippen molar-refractivity contribution in [2.75, 3.05) is 7.11 Å². The number of methoxy groups -OCH3 is 1. The number of carbonyl (C=O) groups excluding carboxylic acids is 1. The Kier molecular flexibility index (Phi) is 4.47. The molecule has 88 valence electrons. The summed E-state index contributed by atoms with van der Waals surface area (Å²) in [6, 6.07) is 0. The minimum absolute atomic E-state index is 0.485. The maximum absolute atomic E-state index is 13.2. The maximum Gasteiger partial charge on any atom is 0.366 e. The van der Waals surface area contributed by atoms with Crippen LogP contribution in [0.3, 0.4) is 0 Å². The highest BCUT2D eigenvalue weighted by Gasteiger charge is 2.15. The molecule has 0 aromatic rings. The van der Waals surface area contributed by atoms with E-state index >= 15 is 0 Å². The first kappa shape index (κ1) is 12.7. The van der Waals surface area contributed by atoms with Gasteiger partial charge in [-0.1, -0.05) is 18.2 Å². The Morgan fingerprint density at radius 2 is 2.38 bits per heavy atom. The fourth-order valence-electron chi connectivity index (χ4n) is 1.75. The number of hydrogen-bond donors (Lipinski definition) is 0. The van der Waals surface area contributed by atoms with Gasteiger partial charge in [-0.05, 0) is 43.8 Å². The zero-order valence-corrected chi connectivity index (χ0v) is 9.75. The summed E-state index contributed by atoms with van der Waals surface area (Å²) in [6.07, 6.45) is 5.84. The van der Waals surface area contributed by atoms with Crippen molar-refractivity contribution in [3.63, 3.8) is 0 Å². The summed E-state index contributed by atoms with van der Waals surface area (Å²) in [5, 5.41) is 0. The smallest absolute Gasteiger partial charge is 0.366 e. The zero-order chi connectivity index (χ0) is 12.1. The van der Waals surface area contributed by atoms with Gasteiger partial charge < -0.3 is 4.74 Å². The molecule has 1 aliphatic carbocycles. The normalized spacial score (nSPS) is 21.3. The molecule has 2 nitrogen and oxygen atoms in total. The standard InChI is InChI=1S/C13H17FO2/c1-9(2)11-6-4-10(5-7-11)8-12(14)13(15)16-3/h4,8,11H,1,5-7H2,2-3H3/b12-8-. The minimum Gasteiger partial charge on any atom is -0.464 e. The van der Waals surface area contributed by atoms with Crippen LogP contribution in [0, 0.1) is 5.92 Å². The number of ether oxygens (including phenoxy) is 1. The monoisotopic (exact) mass is 224 g/mol. The molecule has 0 N–H and O–H groups in total. The highest BCUT2D eigenvalue weighted by atomic mass is 19.1. The summed E-state index contributed by atoms with van der Waals surface area (Å²) < 4.78 is 17.5. The Morgan fingerprint density at radius 3 is 2.81 bits per heavy atom. The lowest BCUT2D eigenvalue weighted by atomic mass is 9.85. The van der Waals surface area contributed by atoms with E-state index in [9.17, 15) is 9.18 Å². The third-order valence-corrected chi connectivity index (χ3v) is 2.84. The van der Waals surface area contributed by atoms with Crippen LogP contribution in [0.1, 0.15) is 26.2 Å². The van der Waals surface area contributed by atoms with E-state index < -0.39 is 11.8 Å². The van der Waals surface area contributed by atoms with Gasteiger partial charge in [0.1, 0.15) is 0 Å². The van der Waals surface area contributed by atoms with Crippen molar-refractivity contribution in [3.05, 3.63) is 35.7 Å². The van der Waals surface area contributed by atoms with Crippen molar-refractivity contribution in [3.8, 4) is 0 Å².